The van der Waals surface area contributed by atoms with Crippen LogP contribution in [0.4, 0.5) is 0 Å². The maximum absolute atomic E-state index is 12.3. The zero-order valence-corrected chi connectivity index (χ0v) is 16.3. The number of aryl methyl sites for hydroxylation is 2. The molecule has 0 aliphatic carbocycles. The van der Waals surface area contributed by atoms with Crippen LogP contribution >= 0.6 is 23.5 Å². The number of hydrogen-bond acceptors (Lipinski definition) is 6. The van der Waals surface area contributed by atoms with Crippen molar-refractivity contribution in [2.24, 2.45) is 0 Å². The molecule has 0 radical (unpaired) electrons. The number of nitrogens with zero attached hydrogens (tertiary/aromatic N) is 2. The minimum Gasteiger partial charge on any atom is -0.463 e. The second kappa shape index (κ2) is 7.08. The van der Waals surface area contributed by atoms with Crippen molar-refractivity contribution in [3.63, 3.8) is 0 Å². The molecule has 2 amide bonds. The van der Waals surface area contributed by atoms with Crippen LogP contribution in [0.1, 0.15) is 33.8 Å². The topological polar surface area (TPSA) is 66.9 Å². The van der Waals surface area contributed by atoms with Crippen LogP contribution in [-0.2, 0) is 9.59 Å². The largest absolute Gasteiger partial charge is 0.463 e. The lowest BCUT2D eigenvalue weighted by Gasteiger charge is -2.27. The van der Waals surface area contributed by atoms with Crippen LogP contribution in [0.15, 0.2) is 33.1 Å². The molecule has 0 saturated carbocycles. The van der Waals surface area contributed by atoms with Crippen molar-refractivity contribution in [1.82, 2.24) is 9.80 Å². The van der Waals surface area contributed by atoms with Crippen molar-refractivity contribution in [3.8, 4) is 0 Å². The Labute approximate surface area is 160 Å². The third kappa shape index (κ3) is 3.27. The zero-order chi connectivity index (χ0) is 18.3. The number of hydrogen-bond donors (Lipinski definition) is 0. The first-order valence-corrected chi connectivity index (χ1v) is 10.6. The molecule has 0 spiro atoms. The average Bonchev–Trinajstić information content (AvgIpc) is 3.36. The first kappa shape index (κ1) is 17.6. The fraction of sp³-hybridized carbons (Fsp3) is 0.444. The zero-order valence-electron chi connectivity index (χ0n) is 14.6. The average molecular weight is 393 g/mol. The highest BCUT2D eigenvalue weighted by molar-refractivity contribution is 8.00. The van der Waals surface area contributed by atoms with Gasteiger partial charge in [0.2, 0.25) is 11.8 Å². The minimum absolute atomic E-state index is 0.0822. The highest BCUT2D eigenvalue weighted by Crippen LogP contribution is 2.41. The summed E-state index contributed by atoms with van der Waals surface area (Å²) in [5, 5.41) is -0.239. The second-order valence-corrected chi connectivity index (χ2v) is 8.53. The van der Waals surface area contributed by atoms with Crippen molar-refractivity contribution < 1.29 is 18.4 Å². The van der Waals surface area contributed by atoms with Gasteiger partial charge in [0.05, 0.1) is 11.5 Å². The van der Waals surface area contributed by atoms with Gasteiger partial charge >= 0.3 is 0 Å². The van der Waals surface area contributed by atoms with Gasteiger partial charge in [0.15, 0.2) is 0 Å². The van der Waals surface area contributed by atoms with Crippen LogP contribution in [0.25, 0.3) is 0 Å². The van der Waals surface area contributed by atoms with Crippen molar-refractivity contribution in [2.45, 2.75) is 24.6 Å². The highest BCUT2D eigenvalue weighted by atomic mass is 32.2. The highest BCUT2D eigenvalue weighted by Gasteiger charge is 2.38. The van der Waals surface area contributed by atoms with Crippen LogP contribution in [-0.4, -0.2) is 46.2 Å². The SMILES string of the molecule is Cc1ccc([C@H]2SCC(=O)N2CCN2C(=O)CS[C@@H]2c2ccc(C)o2)o1. The van der Waals surface area contributed by atoms with Gasteiger partial charge < -0.3 is 18.6 Å². The first-order chi connectivity index (χ1) is 12.5. The van der Waals surface area contributed by atoms with Gasteiger partial charge in [0, 0.05) is 13.1 Å². The van der Waals surface area contributed by atoms with E-state index in [4.69, 9.17) is 8.83 Å². The molecule has 8 heteroatoms. The van der Waals surface area contributed by atoms with Crippen molar-refractivity contribution in [3.05, 3.63) is 47.3 Å². The number of amides is 2. The Kier molecular flexibility index (Phi) is 4.79. The van der Waals surface area contributed by atoms with Gasteiger partial charge in [-0.05, 0) is 38.1 Å². The molecule has 4 rings (SSSR count). The van der Waals surface area contributed by atoms with Crippen molar-refractivity contribution >= 4 is 35.3 Å². The molecule has 26 heavy (non-hydrogen) atoms. The van der Waals surface area contributed by atoms with Gasteiger partial charge in [-0.15, -0.1) is 23.5 Å². The molecule has 6 nitrogen and oxygen atoms in total. The van der Waals surface area contributed by atoms with E-state index in [0.29, 0.717) is 24.6 Å². The Morgan fingerprint density at radius 1 is 0.846 bits per heavy atom. The number of thioether (sulfide) groups is 2. The molecule has 0 aromatic carbocycles. The molecule has 2 atom stereocenters. The first-order valence-electron chi connectivity index (χ1n) is 8.48. The third-order valence-electron chi connectivity index (χ3n) is 4.53. The van der Waals surface area contributed by atoms with E-state index in [1.54, 1.807) is 23.5 Å². The Hall–Kier alpha value is -1.80. The Bertz CT molecular complexity index is 763. The minimum atomic E-state index is -0.120. The monoisotopic (exact) mass is 392 g/mol. The summed E-state index contributed by atoms with van der Waals surface area (Å²) < 4.78 is 11.4. The summed E-state index contributed by atoms with van der Waals surface area (Å²) in [7, 11) is 0. The standard InChI is InChI=1S/C18H20N2O4S2/c1-11-3-5-13(23-11)17-19(15(21)9-25-17)7-8-20-16(22)10-26-18(20)14-6-4-12(2)24-14/h3-6,17-18H,7-10H2,1-2H3/t17-,18-/m1/s1. The lowest BCUT2D eigenvalue weighted by atomic mass is 10.3. The Morgan fingerprint density at radius 2 is 1.27 bits per heavy atom. The van der Waals surface area contributed by atoms with E-state index in [0.717, 1.165) is 23.0 Å². The number of rotatable bonds is 5. The molecule has 2 aliphatic rings. The fourth-order valence-electron chi connectivity index (χ4n) is 3.25. The molecule has 2 aliphatic heterocycles. The fourth-order valence-corrected chi connectivity index (χ4v) is 5.57. The summed E-state index contributed by atoms with van der Waals surface area (Å²) >= 11 is 3.13. The summed E-state index contributed by atoms with van der Waals surface area (Å²) in [6, 6.07) is 7.66. The molecular weight excluding hydrogens is 372 g/mol. The Balaban J connectivity index is 1.47. The second-order valence-electron chi connectivity index (χ2n) is 6.40. The molecule has 2 aromatic heterocycles. The van der Waals surface area contributed by atoms with E-state index < -0.39 is 0 Å². The molecule has 0 N–H and O–H groups in total. The number of carbonyl (C=O) groups excluding carboxylic acids is 2. The molecule has 0 unspecified atom stereocenters. The van der Waals surface area contributed by atoms with Gasteiger partial charge in [0.25, 0.3) is 0 Å². The van der Waals surface area contributed by atoms with Crippen LogP contribution in [0, 0.1) is 13.8 Å². The molecule has 4 heterocycles. The molecule has 2 fully saturated rings. The van der Waals surface area contributed by atoms with Crippen molar-refractivity contribution in [1.29, 1.82) is 0 Å². The van der Waals surface area contributed by atoms with Gasteiger partial charge in [0.1, 0.15) is 33.8 Å². The normalized spacial score (nSPS) is 23.5. The summed E-state index contributed by atoms with van der Waals surface area (Å²) in [6.07, 6.45) is 0. The van der Waals surface area contributed by atoms with Crippen molar-refractivity contribution in [2.75, 3.05) is 24.6 Å². The van der Waals surface area contributed by atoms with Crippen LogP contribution < -0.4 is 0 Å². The van der Waals surface area contributed by atoms with Crippen LogP contribution in [0.5, 0.6) is 0 Å². The van der Waals surface area contributed by atoms with E-state index >= 15 is 0 Å². The van der Waals surface area contributed by atoms with Crippen LogP contribution in [0.3, 0.4) is 0 Å². The molecule has 0 bridgehead atoms. The summed E-state index contributed by atoms with van der Waals surface area (Å²) in [4.78, 5) is 28.3. The Morgan fingerprint density at radius 3 is 1.62 bits per heavy atom. The van der Waals surface area contributed by atoms with E-state index in [-0.39, 0.29) is 22.6 Å². The summed E-state index contributed by atoms with van der Waals surface area (Å²) in [5.41, 5.74) is 0. The van der Waals surface area contributed by atoms with Gasteiger partial charge in [-0.3, -0.25) is 9.59 Å². The van der Waals surface area contributed by atoms with E-state index in [2.05, 4.69) is 0 Å². The van der Waals surface area contributed by atoms with E-state index in [1.807, 2.05) is 47.9 Å². The molecule has 2 saturated heterocycles. The molecule has 138 valence electrons. The maximum Gasteiger partial charge on any atom is 0.233 e. The lowest BCUT2D eigenvalue weighted by Crippen LogP contribution is -2.38. The van der Waals surface area contributed by atoms with E-state index in [9.17, 15) is 9.59 Å². The quantitative estimate of drug-likeness (QED) is 0.778. The van der Waals surface area contributed by atoms with Crippen LogP contribution in [0.2, 0.25) is 0 Å². The predicted molar refractivity (Wildman–Crippen MR) is 101 cm³/mol. The number of furan rings is 2. The molecular formula is C18H20N2O4S2. The maximum atomic E-state index is 12.3. The van der Waals surface area contributed by atoms with E-state index in [1.165, 1.54) is 0 Å². The number of carbonyl (C=O) groups is 2. The lowest BCUT2D eigenvalue weighted by molar-refractivity contribution is -0.132. The summed E-state index contributed by atoms with van der Waals surface area (Å²) in [6.45, 7) is 4.76. The smallest absolute Gasteiger partial charge is 0.233 e. The predicted octanol–water partition coefficient (Wildman–Crippen LogP) is 3.34. The van der Waals surface area contributed by atoms with Gasteiger partial charge in [-0.1, -0.05) is 0 Å². The molecule has 2 aromatic rings. The van der Waals surface area contributed by atoms with Gasteiger partial charge in [-0.25, -0.2) is 0 Å². The third-order valence-corrected chi connectivity index (χ3v) is 6.96. The summed E-state index contributed by atoms with van der Waals surface area (Å²) in [5.74, 6) is 4.29. The van der Waals surface area contributed by atoms with Gasteiger partial charge in [-0.2, -0.15) is 0 Å².